The summed E-state index contributed by atoms with van der Waals surface area (Å²) >= 11 is 0. The molecule has 1 amide bonds. The number of piperidine rings is 1. The molecule has 6 nitrogen and oxygen atoms in total. The van der Waals surface area contributed by atoms with E-state index < -0.39 is 0 Å². The van der Waals surface area contributed by atoms with E-state index in [1.54, 1.807) is 7.11 Å². The van der Waals surface area contributed by atoms with Crippen LogP contribution in [0.25, 0.3) is 0 Å². The monoisotopic (exact) mass is 364 g/mol. The number of aryl methyl sites for hydroxylation is 2. The molecule has 2 heterocycles. The smallest absolute Gasteiger partial charge is 0.223 e. The SMILES string of the molecule is CCN1CCC(CC(=O)N(CCOC)Cc2c(C)nn(CC)c2C)CC1. The topological polar surface area (TPSA) is 50.6 Å². The van der Waals surface area contributed by atoms with Crippen LogP contribution in [0.1, 0.15) is 50.1 Å². The van der Waals surface area contributed by atoms with Crippen molar-refractivity contribution in [3.05, 3.63) is 17.0 Å². The molecule has 26 heavy (non-hydrogen) atoms. The van der Waals surface area contributed by atoms with Crippen LogP contribution in [0, 0.1) is 19.8 Å². The van der Waals surface area contributed by atoms with Gasteiger partial charge in [0.25, 0.3) is 0 Å². The van der Waals surface area contributed by atoms with Crippen LogP contribution >= 0.6 is 0 Å². The molecular formula is C20H36N4O2. The van der Waals surface area contributed by atoms with Crippen molar-refractivity contribution in [2.24, 2.45) is 5.92 Å². The zero-order chi connectivity index (χ0) is 19.1. The van der Waals surface area contributed by atoms with Gasteiger partial charge in [0, 0.05) is 44.4 Å². The molecular weight excluding hydrogens is 328 g/mol. The van der Waals surface area contributed by atoms with Gasteiger partial charge in [-0.3, -0.25) is 9.48 Å². The summed E-state index contributed by atoms with van der Waals surface area (Å²) in [5.41, 5.74) is 3.37. The normalized spacial score (nSPS) is 16.2. The zero-order valence-corrected chi connectivity index (χ0v) is 17.3. The van der Waals surface area contributed by atoms with E-state index in [1.165, 1.54) is 5.56 Å². The third-order valence-corrected chi connectivity index (χ3v) is 5.72. The van der Waals surface area contributed by atoms with Gasteiger partial charge in [0.2, 0.25) is 5.91 Å². The quantitative estimate of drug-likeness (QED) is 0.676. The Morgan fingerprint density at radius 1 is 1.23 bits per heavy atom. The summed E-state index contributed by atoms with van der Waals surface area (Å²) in [7, 11) is 1.69. The van der Waals surface area contributed by atoms with Crippen LogP contribution in [0.15, 0.2) is 0 Å². The molecule has 148 valence electrons. The van der Waals surface area contributed by atoms with Crippen LogP contribution in [0.4, 0.5) is 0 Å². The Balaban J connectivity index is 2.02. The van der Waals surface area contributed by atoms with Crippen molar-refractivity contribution in [1.82, 2.24) is 19.6 Å². The molecule has 0 spiro atoms. The minimum Gasteiger partial charge on any atom is -0.383 e. The lowest BCUT2D eigenvalue weighted by Gasteiger charge is -2.32. The molecule has 0 N–H and O–H groups in total. The second-order valence-electron chi connectivity index (χ2n) is 7.35. The number of methoxy groups -OCH3 is 1. The molecule has 2 rings (SSSR count). The molecule has 0 atom stereocenters. The number of hydrogen-bond donors (Lipinski definition) is 0. The van der Waals surface area contributed by atoms with Crippen molar-refractivity contribution >= 4 is 5.91 Å². The predicted octanol–water partition coefficient (Wildman–Crippen LogP) is 2.62. The summed E-state index contributed by atoms with van der Waals surface area (Å²) in [6.45, 7) is 14.5. The molecule has 0 saturated carbocycles. The first-order chi connectivity index (χ1) is 12.5. The molecule has 0 aliphatic carbocycles. The minimum absolute atomic E-state index is 0.250. The van der Waals surface area contributed by atoms with Crippen molar-refractivity contribution in [2.75, 3.05) is 39.9 Å². The van der Waals surface area contributed by atoms with Gasteiger partial charge in [-0.25, -0.2) is 0 Å². The first kappa shape index (κ1) is 20.9. The predicted molar refractivity (Wildman–Crippen MR) is 104 cm³/mol. The Bertz CT molecular complexity index is 577. The average Bonchev–Trinajstić information content (AvgIpc) is 2.92. The number of carbonyl (C=O) groups excluding carboxylic acids is 1. The van der Waals surface area contributed by atoms with E-state index >= 15 is 0 Å². The molecule has 1 saturated heterocycles. The molecule has 1 aliphatic heterocycles. The van der Waals surface area contributed by atoms with Gasteiger partial charge in [0.15, 0.2) is 0 Å². The van der Waals surface area contributed by atoms with E-state index in [1.807, 2.05) is 16.5 Å². The number of likely N-dealkylation sites (tertiary alicyclic amines) is 1. The second-order valence-corrected chi connectivity index (χ2v) is 7.35. The molecule has 0 bridgehead atoms. The molecule has 1 fully saturated rings. The van der Waals surface area contributed by atoms with Gasteiger partial charge >= 0.3 is 0 Å². The maximum Gasteiger partial charge on any atom is 0.223 e. The number of ether oxygens (including phenoxy) is 1. The summed E-state index contributed by atoms with van der Waals surface area (Å²) in [6.07, 6.45) is 2.91. The third kappa shape index (κ3) is 5.30. The summed E-state index contributed by atoms with van der Waals surface area (Å²) < 4.78 is 7.26. The molecule has 0 radical (unpaired) electrons. The highest BCUT2D eigenvalue weighted by molar-refractivity contribution is 5.76. The van der Waals surface area contributed by atoms with Crippen molar-refractivity contribution in [3.8, 4) is 0 Å². The van der Waals surface area contributed by atoms with E-state index in [9.17, 15) is 4.79 Å². The Morgan fingerprint density at radius 3 is 2.46 bits per heavy atom. The average molecular weight is 365 g/mol. The molecule has 0 aromatic carbocycles. The molecule has 1 aliphatic rings. The Hall–Kier alpha value is -1.40. The summed E-state index contributed by atoms with van der Waals surface area (Å²) in [6, 6.07) is 0. The second kappa shape index (κ2) is 10.1. The number of hydrogen-bond acceptors (Lipinski definition) is 4. The molecule has 6 heteroatoms. The van der Waals surface area contributed by atoms with E-state index in [0.717, 1.165) is 50.4 Å². The summed E-state index contributed by atoms with van der Waals surface area (Å²) in [4.78, 5) is 17.4. The van der Waals surface area contributed by atoms with Gasteiger partial charge in [-0.05, 0) is 59.2 Å². The first-order valence-corrected chi connectivity index (χ1v) is 10.0. The fourth-order valence-electron chi connectivity index (χ4n) is 3.84. The van der Waals surface area contributed by atoms with Gasteiger partial charge < -0.3 is 14.5 Å². The van der Waals surface area contributed by atoms with Crippen molar-refractivity contribution in [2.45, 2.75) is 60.0 Å². The first-order valence-electron chi connectivity index (χ1n) is 10.0. The number of carbonyl (C=O) groups is 1. The van der Waals surface area contributed by atoms with E-state index in [2.05, 4.69) is 30.8 Å². The zero-order valence-electron chi connectivity index (χ0n) is 17.3. The summed E-state index contributed by atoms with van der Waals surface area (Å²) in [5.74, 6) is 0.760. The van der Waals surface area contributed by atoms with Gasteiger partial charge in [-0.15, -0.1) is 0 Å². The minimum atomic E-state index is 0.250. The van der Waals surface area contributed by atoms with Gasteiger partial charge in [-0.2, -0.15) is 5.10 Å². The number of rotatable bonds is 9. The van der Waals surface area contributed by atoms with Crippen LogP contribution in [0.5, 0.6) is 0 Å². The van der Waals surface area contributed by atoms with Crippen molar-refractivity contribution in [1.29, 1.82) is 0 Å². The Kier molecular flexibility index (Phi) is 8.10. The largest absolute Gasteiger partial charge is 0.383 e. The van der Waals surface area contributed by atoms with Crippen LogP contribution in [0.2, 0.25) is 0 Å². The molecule has 1 aromatic heterocycles. The lowest BCUT2D eigenvalue weighted by atomic mass is 9.93. The van der Waals surface area contributed by atoms with Crippen LogP contribution in [-0.4, -0.2) is 65.4 Å². The van der Waals surface area contributed by atoms with Crippen molar-refractivity contribution < 1.29 is 9.53 Å². The maximum absolute atomic E-state index is 13.0. The lowest BCUT2D eigenvalue weighted by molar-refractivity contribution is -0.133. The van der Waals surface area contributed by atoms with E-state index in [-0.39, 0.29) is 5.91 Å². The highest BCUT2D eigenvalue weighted by atomic mass is 16.5. The van der Waals surface area contributed by atoms with Crippen LogP contribution in [-0.2, 0) is 22.6 Å². The summed E-state index contributed by atoms with van der Waals surface area (Å²) in [5, 5.41) is 4.60. The number of nitrogens with zero attached hydrogens (tertiary/aromatic N) is 4. The molecule has 0 unspecified atom stereocenters. The maximum atomic E-state index is 13.0. The standard InChI is InChI=1S/C20H36N4O2/c1-6-22-10-8-18(9-11-22)14-20(25)23(12-13-26-5)15-19-16(3)21-24(7-2)17(19)4/h18H,6-15H2,1-5H3. The lowest BCUT2D eigenvalue weighted by Crippen LogP contribution is -2.38. The van der Waals surface area contributed by atoms with E-state index in [0.29, 0.717) is 32.0 Å². The molecule has 1 aromatic rings. The highest BCUT2D eigenvalue weighted by Crippen LogP contribution is 2.23. The fourth-order valence-corrected chi connectivity index (χ4v) is 3.84. The Morgan fingerprint density at radius 2 is 1.92 bits per heavy atom. The van der Waals surface area contributed by atoms with Gasteiger partial charge in [-0.1, -0.05) is 6.92 Å². The van der Waals surface area contributed by atoms with Crippen LogP contribution in [0.3, 0.4) is 0 Å². The van der Waals surface area contributed by atoms with E-state index in [4.69, 9.17) is 4.74 Å². The third-order valence-electron chi connectivity index (χ3n) is 5.72. The van der Waals surface area contributed by atoms with Gasteiger partial charge in [0.1, 0.15) is 0 Å². The number of aromatic nitrogens is 2. The Labute approximate surface area is 158 Å². The fraction of sp³-hybridized carbons (Fsp3) is 0.800. The van der Waals surface area contributed by atoms with Gasteiger partial charge in [0.05, 0.1) is 12.3 Å². The number of amides is 1. The van der Waals surface area contributed by atoms with Crippen molar-refractivity contribution in [3.63, 3.8) is 0 Å². The van der Waals surface area contributed by atoms with Crippen LogP contribution < -0.4 is 0 Å². The highest BCUT2D eigenvalue weighted by Gasteiger charge is 2.24.